The molecular weight excluding hydrogens is 468 g/mol. The highest BCUT2D eigenvalue weighted by Gasteiger charge is 2.20. The molecule has 1 N–H and O–H groups in total. The molecule has 3 rings (SSSR count). The number of aryl methyl sites for hydroxylation is 1. The molecule has 5 nitrogen and oxygen atoms in total. The van der Waals surface area contributed by atoms with Gasteiger partial charge in [-0.15, -0.1) is 0 Å². The van der Waals surface area contributed by atoms with Gasteiger partial charge in [-0.1, -0.05) is 86.9 Å². The minimum atomic E-state index is -0.594. The Morgan fingerprint density at radius 1 is 1.12 bits per heavy atom. The third kappa shape index (κ3) is 8.10. The minimum Gasteiger partial charge on any atom is -0.441 e. The van der Waals surface area contributed by atoms with E-state index in [1.807, 2.05) is 55.9 Å². The minimum absolute atomic E-state index is 0.500. The predicted octanol–water partition coefficient (Wildman–Crippen LogP) is 8.92. The summed E-state index contributed by atoms with van der Waals surface area (Å²) in [5, 5.41) is 7.36. The van der Waals surface area contributed by atoms with Crippen LogP contribution in [-0.4, -0.2) is 17.0 Å². The van der Waals surface area contributed by atoms with Crippen molar-refractivity contribution in [1.82, 2.24) is 5.16 Å². The number of halogens is 1. The number of anilines is 1. The fourth-order valence-electron chi connectivity index (χ4n) is 3.14. The normalized spacial score (nSPS) is 11.5. The van der Waals surface area contributed by atoms with Gasteiger partial charge in [0, 0.05) is 21.9 Å². The monoisotopic (exact) mass is 502 g/mol. The Bertz CT molecular complexity index is 1030. The topological polar surface area (TPSA) is 64.4 Å². The van der Waals surface area contributed by atoms with Crippen molar-refractivity contribution in [1.29, 1.82) is 0 Å². The molecule has 0 fully saturated rings. The maximum atomic E-state index is 12.5. The van der Waals surface area contributed by atoms with Crippen LogP contribution in [-0.2, 0) is 10.5 Å². The summed E-state index contributed by atoms with van der Waals surface area (Å²) in [6.45, 7) is 12.0. The average Bonchev–Trinajstić information content (AvgIpc) is 3.18. The van der Waals surface area contributed by atoms with Crippen LogP contribution in [0.25, 0.3) is 11.3 Å². The van der Waals surface area contributed by atoms with E-state index in [1.54, 1.807) is 19.9 Å². The van der Waals surface area contributed by atoms with Crippen molar-refractivity contribution >= 4 is 35.1 Å². The van der Waals surface area contributed by atoms with Crippen LogP contribution in [0.5, 0.6) is 0 Å². The number of benzene rings is 2. The summed E-state index contributed by atoms with van der Waals surface area (Å²) in [5.74, 6) is 3.36. The van der Waals surface area contributed by atoms with Gasteiger partial charge >= 0.3 is 6.09 Å². The molecule has 7 heteroatoms. The number of aromatic nitrogens is 1. The second kappa shape index (κ2) is 14.1. The van der Waals surface area contributed by atoms with E-state index in [1.165, 1.54) is 12.0 Å². The Morgan fingerprint density at radius 2 is 1.79 bits per heavy atom. The van der Waals surface area contributed by atoms with E-state index in [4.69, 9.17) is 20.9 Å². The molecule has 1 amide bonds. The van der Waals surface area contributed by atoms with Gasteiger partial charge in [0.05, 0.1) is 0 Å². The maximum absolute atomic E-state index is 12.5. The molecule has 0 radical (unpaired) electrons. The summed E-state index contributed by atoms with van der Waals surface area (Å²) < 4.78 is 11.0. The lowest BCUT2D eigenvalue weighted by atomic mass is 10.1. The Morgan fingerprint density at radius 3 is 2.44 bits per heavy atom. The third-order valence-electron chi connectivity index (χ3n) is 5.04. The highest BCUT2D eigenvalue weighted by atomic mass is 35.5. The second-order valence-electron chi connectivity index (χ2n) is 8.10. The van der Waals surface area contributed by atoms with Gasteiger partial charge in [0.1, 0.15) is 17.5 Å². The molecule has 0 saturated heterocycles. The molecule has 0 saturated carbocycles. The van der Waals surface area contributed by atoms with Crippen LogP contribution in [0.4, 0.5) is 10.5 Å². The van der Waals surface area contributed by atoms with Gasteiger partial charge in [0.25, 0.3) is 0 Å². The number of rotatable bonds is 9. The van der Waals surface area contributed by atoms with Crippen LogP contribution in [0.15, 0.2) is 53.1 Å². The van der Waals surface area contributed by atoms with Crippen molar-refractivity contribution in [2.75, 3.05) is 11.1 Å². The van der Waals surface area contributed by atoms with Crippen molar-refractivity contribution in [3.8, 4) is 11.3 Å². The average molecular weight is 503 g/mol. The molecule has 184 valence electrons. The molecule has 2 aromatic carbocycles. The number of thioether (sulfide) groups is 1. The van der Waals surface area contributed by atoms with Crippen molar-refractivity contribution in [3.63, 3.8) is 0 Å². The van der Waals surface area contributed by atoms with E-state index in [0.717, 1.165) is 28.6 Å². The van der Waals surface area contributed by atoms with Crippen LogP contribution < -0.4 is 5.32 Å². The number of nitrogens with zero attached hydrogens (tertiary/aromatic N) is 1. The van der Waals surface area contributed by atoms with Crippen molar-refractivity contribution in [3.05, 3.63) is 70.4 Å². The highest BCUT2D eigenvalue weighted by molar-refractivity contribution is 7.98. The first-order chi connectivity index (χ1) is 16.3. The standard InChI is InChI=1S/C25H29ClN2O3S.C2H6/c1-16(2)13-14-32-15-19-9-11-20(12-10-19)24-23(17(3)28-31-24)27-25(29)30-18(4)21-7-5-6-8-22(21)26;1-2/h5-12,16,18H,13-15H2,1-4H3,(H,27,29);1-2H3. The van der Waals surface area contributed by atoms with E-state index < -0.39 is 12.2 Å². The van der Waals surface area contributed by atoms with E-state index in [9.17, 15) is 4.79 Å². The molecule has 1 aromatic heterocycles. The maximum Gasteiger partial charge on any atom is 0.412 e. The van der Waals surface area contributed by atoms with Crippen LogP contribution in [0.3, 0.4) is 0 Å². The SMILES string of the molecule is CC.Cc1noc(-c2ccc(CSCCC(C)C)cc2)c1NC(=O)OC(C)c1ccccc1Cl. The van der Waals surface area contributed by atoms with Gasteiger partial charge in [-0.05, 0) is 43.6 Å². The quantitative estimate of drug-likeness (QED) is 0.296. The molecule has 0 aliphatic rings. The molecule has 3 aromatic rings. The van der Waals surface area contributed by atoms with Crippen LogP contribution >= 0.6 is 23.4 Å². The first-order valence-corrected chi connectivity index (χ1v) is 13.2. The zero-order valence-electron chi connectivity index (χ0n) is 20.9. The Kier molecular flexibility index (Phi) is 11.5. The van der Waals surface area contributed by atoms with Gasteiger partial charge in [-0.25, -0.2) is 4.79 Å². The van der Waals surface area contributed by atoms with E-state index in [0.29, 0.717) is 22.2 Å². The molecule has 34 heavy (non-hydrogen) atoms. The van der Waals surface area contributed by atoms with E-state index in [2.05, 4.69) is 36.5 Å². The molecule has 1 atom stereocenters. The molecular formula is C27H35ClN2O3S. The Hall–Kier alpha value is -2.44. The van der Waals surface area contributed by atoms with E-state index in [-0.39, 0.29) is 0 Å². The van der Waals surface area contributed by atoms with Crippen LogP contribution in [0.1, 0.15) is 64.0 Å². The highest BCUT2D eigenvalue weighted by Crippen LogP contribution is 2.32. The number of amides is 1. The van der Waals surface area contributed by atoms with Crippen molar-refractivity contribution in [2.24, 2.45) is 5.92 Å². The van der Waals surface area contributed by atoms with Gasteiger partial charge in [-0.3, -0.25) is 5.32 Å². The largest absolute Gasteiger partial charge is 0.441 e. The fraction of sp³-hybridized carbons (Fsp3) is 0.407. The Labute approximate surface area is 212 Å². The second-order valence-corrected chi connectivity index (χ2v) is 9.61. The first kappa shape index (κ1) is 27.8. The Balaban J connectivity index is 0.00000199. The number of carbonyl (C=O) groups is 1. The summed E-state index contributed by atoms with van der Waals surface area (Å²) in [7, 11) is 0. The van der Waals surface area contributed by atoms with E-state index >= 15 is 0 Å². The molecule has 0 aliphatic carbocycles. The lowest BCUT2D eigenvalue weighted by Crippen LogP contribution is -2.17. The summed E-state index contributed by atoms with van der Waals surface area (Å²) in [4.78, 5) is 12.5. The lowest BCUT2D eigenvalue weighted by Gasteiger charge is -2.15. The molecule has 1 unspecified atom stereocenters. The van der Waals surface area contributed by atoms with Crippen LogP contribution in [0, 0.1) is 12.8 Å². The summed E-state index contributed by atoms with van der Waals surface area (Å²) in [6, 6.07) is 15.4. The predicted molar refractivity (Wildman–Crippen MR) is 144 cm³/mol. The molecule has 1 heterocycles. The van der Waals surface area contributed by atoms with Gasteiger partial charge < -0.3 is 9.26 Å². The van der Waals surface area contributed by atoms with Crippen molar-refractivity contribution < 1.29 is 14.1 Å². The zero-order chi connectivity index (χ0) is 25.1. The van der Waals surface area contributed by atoms with Gasteiger partial charge in [0.2, 0.25) is 0 Å². The smallest absolute Gasteiger partial charge is 0.412 e. The number of hydrogen-bond acceptors (Lipinski definition) is 5. The number of ether oxygens (including phenoxy) is 1. The van der Waals surface area contributed by atoms with Gasteiger partial charge in [0.15, 0.2) is 5.76 Å². The first-order valence-electron chi connectivity index (χ1n) is 11.7. The fourth-order valence-corrected chi connectivity index (χ4v) is 4.64. The molecule has 0 spiro atoms. The molecule has 0 bridgehead atoms. The van der Waals surface area contributed by atoms with Crippen molar-refractivity contribution in [2.45, 2.75) is 59.8 Å². The van der Waals surface area contributed by atoms with Crippen LogP contribution in [0.2, 0.25) is 5.02 Å². The lowest BCUT2D eigenvalue weighted by molar-refractivity contribution is 0.121. The zero-order valence-corrected chi connectivity index (χ0v) is 22.4. The number of carbonyl (C=O) groups excluding carboxylic acids is 1. The summed E-state index contributed by atoms with van der Waals surface area (Å²) >= 11 is 8.14. The molecule has 0 aliphatic heterocycles. The summed E-state index contributed by atoms with van der Waals surface area (Å²) in [5.41, 5.74) is 3.92. The third-order valence-corrected chi connectivity index (χ3v) is 6.45. The van der Waals surface area contributed by atoms with Gasteiger partial charge in [-0.2, -0.15) is 11.8 Å². The number of hydrogen-bond donors (Lipinski definition) is 1. The summed E-state index contributed by atoms with van der Waals surface area (Å²) in [6.07, 6.45) is 0.128. The number of nitrogens with one attached hydrogen (secondary N) is 1.